The van der Waals surface area contributed by atoms with Crippen LogP contribution in [0, 0.1) is 5.21 Å². The van der Waals surface area contributed by atoms with E-state index < -0.39 is 5.97 Å². The monoisotopic (exact) mass is 184 g/mol. The van der Waals surface area contributed by atoms with E-state index >= 15 is 0 Å². The molecule has 0 aromatic carbocycles. The minimum Gasteiger partial charge on any atom is -0.618 e. The maximum Gasteiger partial charge on any atom is 0.410 e. The van der Waals surface area contributed by atoms with E-state index in [4.69, 9.17) is 4.74 Å². The zero-order valence-electron chi connectivity index (χ0n) is 7.18. The Balaban J connectivity index is 3.22. The van der Waals surface area contributed by atoms with Crippen LogP contribution in [0.2, 0.25) is 0 Å². The average molecular weight is 184 g/mol. The first-order valence-electron chi connectivity index (χ1n) is 3.41. The summed E-state index contributed by atoms with van der Waals surface area (Å²) in [5.41, 5.74) is -0.257. The highest BCUT2D eigenvalue weighted by Crippen LogP contribution is 2.09. The Hall–Kier alpha value is -1.85. The van der Waals surface area contributed by atoms with Crippen molar-refractivity contribution in [1.29, 1.82) is 0 Å². The van der Waals surface area contributed by atoms with Crippen LogP contribution in [-0.2, 0) is 4.74 Å². The molecular weight excluding hydrogens is 176 g/mol. The van der Waals surface area contributed by atoms with Gasteiger partial charge >= 0.3 is 11.7 Å². The molecule has 6 nitrogen and oxygen atoms in total. The van der Waals surface area contributed by atoms with Crippen LogP contribution in [0.1, 0.15) is 10.5 Å². The predicted octanol–water partition coefficient (Wildman–Crippen LogP) is -0.490. The molecular formula is C7H8N2O4. The fourth-order valence-electron chi connectivity index (χ4n) is 0.815. The van der Waals surface area contributed by atoms with Crippen molar-refractivity contribution in [2.75, 3.05) is 14.2 Å². The van der Waals surface area contributed by atoms with Crippen LogP contribution in [0.3, 0.4) is 0 Å². The van der Waals surface area contributed by atoms with E-state index in [1.807, 2.05) is 0 Å². The first kappa shape index (κ1) is 9.24. The summed E-state index contributed by atoms with van der Waals surface area (Å²) in [4.78, 5) is 14.7. The van der Waals surface area contributed by atoms with E-state index in [2.05, 4.69) is 9.72 Å². The molecule has 0 saturated carbocycles. The third-order valence-corrected chi connectivity index (χ3v) is 1.39. The van der Waals surface area contributed by atoms with E-state index in [9.17, 15) is 10.0 Å². The van der Waals surface area contributed by atoms with Gasteiger partial charge in [-0.3, -0.25) is 0 Å². The second-order valence-corrected chi connectivity index (χ2v) is 2.10. The predicted molar refractivity (Wildman–Crippen MR) is 41.1 cm³/mol. The Kier molecular flexibility index (Phi) is 2.63. The molecule has 0 aliphatic carbocycles. The van der Waals surface area contributed by atoms with Crippen molar-refractivity contribution in [2.45, 2.75) is 0 Å². The number of ether oxygens (including phenoxy) is 2. The number of carbonyl (C=O) groups excluding carboxylic acids is 1. The lowest BCUT2D eigenvalue weighted by molar-refractivity contribution is -0.609. The Morgan fingerprint density at radius 3 is 2.85 bits per heavy atom. The van der Waals surface area contributed by atoms with Gasteiger partial charge in [-0.1, -0.05) is 0 Å². The van der Waals surface area contributed by atoms with Crippen molar-refractivity contribution in [1.82, 2.24) is 4.98 Å². The molecule has 0 bridgehead atoms. The summed E-state index contributed by atoms with van der Waals surface area (Å²) in [6.07, 6.45) is 2.33. The van der Waals surface area contributed by atoms with Crippen molar-refractivity contribution >= 4 is 5.97 Å². The summed E-state index contributed by atoms with van der Waals surface area (Å²) in [6, 6.07) is 0. The van der Waals surface area contributed by atoms with Gasteiger partial charge in [0.1, 0.15) is 0 Å². The van der Waals surface area contributed by atoms with Gasteiger partial charge in [0, 0.05) is 0 Å². The van der Waals surface area contributed by atoms with E-state index in [0.717, 1.165) is 6.20 Å². The van der Waals surface area contributed by atoms with E-state index in [1.165, 1.54) is 20.4 Å². The summed E-state index contributed by atoms with van der Waals surface area (Å²) in [5.74, 6) is -0.829. The summed E-state index contributed by atoms with van der Waals surface area (Å²) >= 11 is 0. The number of aromatic nitrogens is 2. The number of hydrogen-bond donors (Lipinski definition) is 0. The van der Waals surface area contributed by atoms with Crippen molar-refractivity contribution in [3.63, 3.8) is 0 Å². The van der Waals surface area contributed by atoms with Crippen LogP contribution in [0.15, 0.2) is 12.4 Å². The largest absolute Gasteiger partial charge is 0.618 e. The Morgan fingerprint density at radius 1 is 1.62 bits per heavy atom. The first-order chi connectivity index (χ1) is 6.20. The molecule has 0 aliphatic rings. The highest BCUT2D eigenvalue weighted by Gasteiger charge is 2.24. The summed E-state index contributed by atoms with van der Waals surface area (Å²) in [6.45, 7) is 0. The second-order valence-electron chi connectivity index (χ2n) is 2.10. The molecule has 0 amide bonds. The maximum atomic E-state index is 11.1. The number of carbonyl (C=O) groups is 1. The zero-order valence-corrected chi connectivity index (χ0v) is 7.18. The normalized spacial score (nSPS) is 9.38. The maximum absolute atomic E-state index is 11.1. The number of esters is 1. The van der Waals surface area contributed by atoms with Gasteiger partial charge in [0.15, 0.2) is 6.20 Å². The molecule has 0 fully saturated rings. The lowest BCUT2D eigenvalue weighted by Gasteiger charge is -2.04. The Labute approximate surface area is 74.3 Å². The lowest BCUT2D eigenvalue weighted by Crippen LogP contribution is -2.35. The summed E-state index contributed by atoms with van der Waals surface area (Å²) in [7, 11) is 2.49. The average Bonchev–Trinajstić information content (AvgIpc) is 2.16. The van der Waals surface area contributed by atoms with Gasteiger partial charge in [-0.25, -0.2) is 9.78 Å². The molecule has 6 heteroatoms. The highest BCUT2D eigenvalue weighted by molar-refractivity contribution is 5.87. The molecule has 70 valence electrons. The van der Waals surface area contributed by atoms with Crippen LogP contribution < -0.4 is 9.47 Å². The molecule has 0 radical (unpaired) electrons. The topological polar surface area (TPSA) is 75.4 Å². The number of hydrogen-bond acceptors (Lipinski definition) is 5. The van der Waals surface area contributed by atoms with E-state index in [-0.39, 0.29) is 11.6 Å². The van der Waals surface area contributed by atoms with Crippen LogP contribution in [0.25, 0.3) is 0 Å². The molecule has 1 rings (SSSR count). The number of rotatable bonds is 2. The Bertz CT molecular complexity index is 326. The highest BCUT2D eigenvalue weighted by atomic mass is 16.5. The van der Waals surface area contributed by atoms with Crippen LogP contribution >= 0.6 is 0 Å². The number of methoxy groups -OCH3 is 2. The van der Waals surface area contributed by atoms with Gasteiger partial charge in [-0.2, -0.15) is 4.73 Å². The fourth-order valence-corrected chi connectivity index (χ4v) is 0.815. The van der Waals surface area contributed by atoms with Crippen molar-refractivity contribution in [2.24, 2.45) is 0 Å². The van der Waals surface area contributed by atoms with Gasteiger partial charge in [0.05, 0.1) is 20.4 Å². The summed E-state index contributed by atoms with van der Waals surface area (Å²) < 4.78 is 9.44. The smallest absolute Gasteiger partial charge is 0.410 e. The molecule has 0 spiro atoms. The molecule has 1 aromatic heterocycles. The van der Waals surface area contributed by atoms with Gasteiger partial charge in [0.25, 0.3) is 5.88 Å². The fraction of sp³-hybridized carbons (Fsp3) is 0.286. The third kappa shape index (κ3) is 1.66. The number of nitrogens with zero attached hydrogens (tertiary/aromatic N) is 2. The van der Waals surface area contributed by atoms with Gasteiger partial charge < -0.3 is 14.7 Å². The molecule has 1 heterocycles. The van der Waals surface area contributed by atoms with E-state index in [1.54, 1.807) is 0 Å². The van der Waals surface area contributed by atoms with E-state index in [0.29, 0.717) is 4.73 Å². The first-order valence-corrected chi connectivity index (χ1v) is 3.41. The van der Waals surface area contributed by atoms with Crippen molar-refractivity contribution in [3.05, 3.63) is 23.3 Å². The Morgan fingerprint density at radius 2 is 2.31 bits per heavy atom. The molecule has 0 N–H and O–H groups in total. The van der Waals surface area contributed by atoms with Crippen LogP contribution in [-0.4, -0.2) is 25.2 Å². The minimum absolute atomic E-state index is 0.0515. The van der Waals surface area contributed by atoms with Gasteiger partial charge in [-0.15, -0.1) is 0 Å². The van der Waals surface area contributed by atoms with Gasteiger partial charge in [-0.05, 0) is 0 Å². The molecule has 0 aliphatic heterocycles. The van der Waals surface area contributed by atoms with Gasteiger partial charge in [0.2, 0.25) is 0 Å². The SMILES string of the molecule is COC(=O)c1c(OC)ncc[n+]1[O-]. The molecule has 0 unspecified atom stereocenters. The molecule has 1 aromatic rings. The third-order valence-electron chi connectivity index (χ3n) is 1.39. The van der Waals surface area contributed by atoms with Crippen molar-refractivity contribution in [3.8, 4) is 5.88 Å². The summed E-state index contributed by atoms with van der Waals surface area (Å²) in [5, 5.41) is 11.1. The standard InChI is InChI=1S/C7H8N2O4/c1-12-6-5(7(10)13-2)9(11)4-3-8-6/h3-4H,1-2H3. The lowest BCUT2D eigenvalue weighted by atomic mass is 10.4. The van der Waals surface area contributed by atoms with Crippen LogP contribution in [0.4, 0.5) is 0 Å². The zero-order chi connectivity index (χ0) is 9.84. The molecule has 0 atom stereocenters. The molecule has 13 heavy (non-hydrogen) atoms. The van der Waals surface area contributed by atoms with Crippen LogP contribution in [0.5, 0.6) is 5.88 Å². The minimum atomic E-state index is -0.778. The quantitative estimate of drug-likeness (QED) is 0.352. The second kappa shape index (κ2) is 3.70. The molecule has 0 saturated heterocycles. The van der Waals surface area contributed by atoms with Crippen molar-refractivity contribution < 1.29 is 19.0 Å².